The number of nitrogens with zero attached hydrogens (tertiary/aromatic N) is 3. The number of rotatable bonds is 1. The first kappa shape index (κ1) is 11.4. The summed E-state index contributed by atoms with van der Waals surface area (Å²) in [5, 5.41) is 0. The Hall–Kier alpha value is -1.38. The quantitative estimate of drug-likeness (QED) is 0.721. The van der Waals surface area contributed by atoms with Crippen LogP contribution in [0.4, 0.5) is 5.95 Å². The fourth-order valence-corrected chi connectivity index (χ4v) is 3.87. The van der Waals surface area contributed by atoms with Crippen LogP contribution in [-0.4, -0.2) is 22.1 Å². The van der Waals surface area contributed by atoms with E-state index >= 15 is 0 Å². The van der Waals surface area contributed by atoms with E-state index < -0.39 is 0 Å². The molecule has 3 heteroatoms. The summed E-state index contributed by atoms with van der Waals surface area (Å²) >= 11 is 0. The molecule has 1 aromatic rings. The van der Waals surface area contributed by atoms with Crippen molar-refractivity contribution in [3.05, 3.63) is 28.6 Å². The smallest absolute Gasteiger partial charge is 0.226 e. The van der Waals surface area contributed by atoms with Crippen LogP contribution in [0.2, 0.25) is 0 Å². The number of anilines is 1. The summed E-state index contributed by atoms with van der Waals surface area (Å²) in [5.41, 5.74) is 5.72. The van der Waals surface area contributed by atoms with Crippen LogP contribution in [0, 0.1) is 13.8 Å². The van der Waals surface area contributed by atoms with Gasteiger partial charge in [-0.3, -0.25) is 0 Å². The molecule has 100 valence electrons. The molecule has 2 aliphatic heterocycles. The Kier molecular flexibility index (Phi) is 2.44. The summed E-state index contributed by atoms with van der Waals surface area (Å²) < 4.78 is 0. The summed E-state index contributed by atoms with van der Waals surface area (Å²) in [4.78, 5) is 11.9. The van der Waals surface area contributed by atoms with Crippen LogP contribution in [0.15, 0.2) is 17.2 Å². The molecule has 0 spiro atoms. The number of fused-ring (bicyclic) bond motifs is 2. The maximum Gasteiger partial charge on any atom is 0.226 e. The number of hydrogen-bond donors (Lipinski definition) is 0. The minimum Gasteiger partial charge on any atom is -0.334 e. The lowest BCUT2D eigenvalue weighted by molar-refractivity contribution is 0.535. The molecule has 3 aliphatic rings. The molecule has 19 heavy (non-hydrogen) atoms. The molecule has 1 saturated carbocycles. The van der Waals surface area contributed by atoms with Gasteiger partial charge >= 0.3 is 0 Å². The molecule has 1 aliphatic carbocycles. The van der Waals surface area contributed by atoms with Gasteiger partial charge < -0.3 is 4.90 Å². The van der Waals surface area contributed by atoms with Crippen LogP contribution >= 0.6 is 0 Å². The van der Waals surface area contributed by atoms with Crippen molar-refractivity contribution < 1.29 is 0 Å². The fourth-order valence-electron chi connectivity index (χ4n) is 3.87. The van der Waals surface area contributed by atoms with Crippen LogP contribution < -0.4 is 4.90 Å². The lowest BCUT2D eigenvalue weighted by Gasteiger charge is -2.36. The Morgan fingerprint density at radius 1 is 0.947 bits per heavy atom. The number of aromatic nitrogens is 2. The van der Waals surface area contributed by atoms with E-state index in [0.29, 0.717) is 12.1 Å². The number of piperidine rings is 1. The third-order valence-electron chi connectivity index (χ3n) is 4.79. The van der Waals surface area contributed by atoms with E-state index in [-0.39, 0.29) is 0 Å². The van der Waals surface area contributed by atoms with Crippen molar-refractivity contribution in [2.24, 2.45) is 0 Å². The van der Waals surface area contributed by atoms with Gasteiger partial charge in [0.05, 0.1) is 0 Å². The zero-order chi connectivity index (χ0) is 13.0. The Labute approximate surface area is 114 Å². The number of aryl methyl sites for hydroxylation is 2. The van der Waals surface area contributed by atoms with Gasteiger partial charge in [0.25, 0.3) is 0 Å². The first-order chi connectivity index (χ1) is 9.20. The Morgan fingerprint density at radius 2 is 1.53 bits per heavy atom. The monoisotopic (exact) mass is 255 g/mol. The van der Waals surface area contributed by atoms with E-state index in [2.05, 4.69) is 34.8 Å². The van der Waals surface area contributed by atoms with Crippen LogP contribution in [0.1, 0.15) is 49.9 Å². The molecule has 2 atom stereocenters. The average Bonchev–Trinajstić information content (AvgIpc) is 3.14. The lowest BCUT2D eigenvalue weighted by Crippen LogP contribution is -2.41. The zero-order valence-electron chi connectivity index (χ0n) is 11.8. The Morgan fingerprint density at radius 3 is 2.05 bits per heavy atom. The van der Waals surface area contributed by atoms with Gasteiger partial charge in [-0.05, 0) is 58.4 Å². The summed E-state index contributed by atoms with van der Waals surface area (Å²) in [6.45, 7) is 4.14. The molecule has 3 heterocycles. The molecule has 0 aromatic carbocycles. The fraction of sp³-hybridized carbons (Fsp3) is 0.625. The predicted molar refractivity (Wildman–Crippen MR) is 76.3 cm³/mol. The second-order valence-electron chi connectivity index (χ2n) is 6.36. The molecule has 0 amide bonds. The maximum absolute atomic E-state index is 4.68. The largest absolute Gasteiger partial charge is 0.334 e. The van der Waals surface area contributed by atoms with Crippen molar-refractivity contribution in [3.8, 4) is 0 Å². The normalized spacial score (nSPS) is 29.1. The van der Waals surface area contributed by atoms with E-state index in [1.54, 1.807) is 11.1 Å². The molecule has 4 rings (SSSR count). The molecule has 2 unspecified atom stereocenters. The van der Waals surface area contributed by atoms with Gasteiger partial charge in [-0.15, -0.1) is 0 Å². The van der Waals surface area contributed by atoms with Crippen molar-refractivity contribution in [2.75, 3.05) is 4.90 Å². The van der Waals surface area contributed by atoms with Gasteiger partial charge in [0, 0.05) is 23.5 Å². The van der Waals surface area contributed by atoms with Gasteiger partial charge in [0.1, 0.15) is 0 Å². The molecule has 0 radical (unpaired) electrons. The van der Waals surface area contributed by atoms with Crippen molar-refractivity contribution in [2.45, 2.75) is 64.5 Å². The van der Waals surface area contributed by atoms with E-state index in [1.165, 1.54) is 38.5 Å². The minimum absolute atomic E-state index is 0.656. The van der Waals surface area contributed by atoms with Gasteiger partial charge in [-0.1, -0.05) is 11.1 Å². The van der Waals surface area contributed by atoms with E-state index in [9.17, 15) is 0 Å². The van der Waals surface area contributed by atoms with Crippen LogP contribution in [0.3, 0.4) is 0 Å². The first-order valence-electron chi connectivity index (χ1n) is 7.51. The zero-order valence-corrected chi connectivity index (χ0v) is 11.8. The highest BCUT2D eigenvalue weighted by atomic mass is 15.3. The average molecular weight is 255 g/mol. The van der Waals surface area contributed by atoms with Gasteiger partial charge in [0.2, 0.25) is 5.95 Å². The molecule has 1 aromatic heterocycles. The summed E-state index contributed by atoms with van der Waals surface area (Å²) in [7, 11) is 0. The third-order valence-corrected chi connectivity index (χ3v) is 4.79. The number of allylic oxidation sites excluding steroid dienone is 1. The summed E-state index contributed by atoms with van der Waals surface area (Å²) in [6.07, 6.45) is 7.91. The van der Waals surface area contributed by atoms with Crippen molar-refractivity contribution in [3.63, 3.8) is 0 Å². The highest BCUT2D eigenvalue weighted by molar-refractivity contribution is 5.43. The molecule has 2 bridgehead atoms. The van der Waals surface area contributed by atoms with E-state index in [1.807, 2.05) is 0 Å². The molecular formula is C16H21N3. The lowest BCUT2D eigenvalue weighted by atomic mass is 9.96. The topological polar surface area (TPSA) is 29.0 Å². The van der Waals surface area contributed by atoms with Gasteiger partial charge in [0.15, 0.2) is 0 Å². The highest BCUT2D eigenvalue weighted by Gasteiger charge is 2.41. The van der Waals surface area contributed by atoms with Crippen LogP contribution in [-0.2, 0) is 0 Å². The van der Waals surface area contributed by atoms with E-state index in [4.69, 9.17) is 0 Å². The van der Waals surface area contributed by atoms with Crippen LogP contribution in [0.25, 0.3) is 0 Å². The molecule has 0 N–H and O–H groups in total. The molecular weight excluding hydrogens is 234 g/mol. The van der Waals surface area contributed by atoms with E-state index in [0.717, 1.165) is 17.3 Å². The first-order valence-corrected chi connectivity index (χ1v) is 7.51. The minimum atomic E-state index is 0.656. The standard InChI is InChI=1S/C16H21N3/c1-10-7-11(2)18-16(17-10)19-14-5-6-15(19)9-13(8-14)12-3-4-12/h7,14-15H,3-6,8-9H2,1-2H3. The second-order valence-corrected chi connectivity index (χ2v) is 6.36. The van der Waals surface area contributed by atoms with Crippen molar-refractivity contribution in [1.29, 1.82) is 0 Å². The Bertz CT molecular complexity index is 519. The number of hydrogen-bond acceptors (Lipinski definition) is 3. The van der Waals surface area contributed by atoms with Gasteiger partial charge in [-0.25, -0.2) is 9.97 Å². The van der Waals surface area contributed by atoms with Crippen molar-refractivity contribution in [1.82, 2.24) is 9.97 Å². The maximum atomic E-state index is 4.68. The predicted octanol–water partition coefficient (Wildman–Crippen LogP) is 3.32. The molecule has 3 fully saturated rings. The summed E-state index contributed by atoms with van der Waals surface area (Å²) in [5.74, 6) is 0.977. The Balaban J connectivity index is 1.67. The summed E-state index contributed by atoms with van der Waals surface area (Å²) in [6, 6.07) is 3.37. The van der Waals surface area contributed by atoms with Crippen molar-refractivity contribution >= 4 is 5.95 Å². The van der Waals surface area contributed by atoms with Crippen LogP contribution in [0.5, 0.6) is 0 Å². The molecule has 2 saturated heterocycles. The third kappa shape index (κ3) is 1.96. The second kappa shape index (κ2) is 4.06. The SMILES string of the molecule is Cc1cc(C)nc(N2C3CCC2CC(=C2CC2)C3)n1. The highest BCUT2D eigenvalue weighted by Crippen LogP contribution is 2.45. The van der Waals surface area contributed by atoms with Gasteiger partial charge in [-0.2, -0.15) is 0 Å². The molecule has 3 nitrogen and oxygen atoms in total.